The van der Waals surface area contributed by atoms with Gasteiger partial charge in [0.25, 0.3) is 0 Å². The lowest BCUT2D eigenvalue weighted by Crippen LogP contribution is -2.12. The summed E-state index contributed by atoms with van der Waals surface area (Å²) in [6, 6.07) is 2.65. The van der Waals surface area contributed by atoms with Gasteiger partial charge >= 0.3 is 0 Å². The number of rotatable bonds is 3. The smallest absolute Gasteiger partial charge is 0.152 e. The van der Waals surface area contributed by atoms with E-state index in [9.17, 15) is 13.2 Å². The Balaban J connectivity index is 2.45. The van der Waals surface area contributed by atoms with Gasteiger partial charge in [0.2, 0.25) is 0 Å². The van der Waals surface area contributed by atoms with Crippen LogP contribution in [0.3, 0.4) is 0 Å². The summed E-state index contributed by atoms with van der Waals surface area (Å²) in [6.07, 6.45) is 2.76. The molecule has 2 rings (SSSR count). The lowest BCUT2D eigenvalue weighted by Gasteiger charge is -2.12. The number of aromatic nitrogens is 1. The highest BCUT2D eigenvalue weighted by Gasteiger charge is 2.14. The maximum absolute atomic E-state index is 13.5. The largest absolute Gasteiger partial charge is 0.389 e. The summed E-state index contributed by atoms with van der Waals surface area (Å²) >= 11 is 4.81. The molecular formula is C12H8F3N3S. The van der Waals surface area contributed by atoms with Crippen LogP contribution in [0.2, 0.25) is 0 Å². The first-order chi connectivity index (χ1) is 8.99. The molecule has 0 saturated carbocycles. The SMILES string of the molecule is NC(=S)c1ccncc1Nc1c(F)cc(F)cc1F. The van der Waals surface area contributed by atoms with E-state index in [1.807, 2.05) is 0 Å². The van der Waals surface area contributed by atoms with Crippen molar-refractivity contribution in [3.63, 3.8) is 0 Å². The lowest BCUT2D eigenvalue weighted by molar-refractivity contribution is 0.549. The zero-order valence-corrected chi connectivity index (χ0v) is 10.3. The second kappa shape index (κ2) is 5.23. The van der Waals surface area contributed by atoms with Crippen molar-refractivity contribution in [2.45, 2.75) is 0 Å². The van der Waals surface area contributed by atoms with Gasteiger partial charge in [-0.1, -0.05) is 12.2 Å². The van der Waals surface area contributed by atoms with Crippen molar-refractivity contribution in [3.8, 4) is 0 Å². The predicted molar refractivity (Wildman–Crippen MR) is 69.7 cm³/mol. The molecule has 0 amide bonds. The average molecular weight is 283 g/mol. The first-order valence-corrected chi connectivity index (χ1v) is 5.55. The fraction of sp³-hybridized carbons (Fsp3) is 0. The molecule has 0 atom stereocenters. The molecule has 0 aliphatic heterocycles. The van der Waals surface area contributed by atoms with Gasteiger partial charge in [0, 0.05) is 23.9 Å². The molecule has 0 radical (unpaired) electrons. The molecule has 98 valence electrons. The van der Waals surface area contributed by atoms with Crippen LogP contribution in [0.5, 0.6) is 0 Å². The van der Waals surface area contributed by atoms with E-state index in [4.69, 9.17) is 18.0 Å². The third-order valence-corrected chi connectivity index (χ3v) is 2.57. The fourth-order valence-corrected chi connectivity index (χ4v) is 1.68. The molecule has 7 heteroatoms. The molecule has 2 aromatic rings. The van der Waals surface area contributed by atoms with Gasteiger partial charge in [0.1, 0.15) is 16.5 Å². The Morgan fingerprint density at radius 2 is 1.84 bits per heavy atom. The average Bonchev–Trinajstić information content (AvgIpc) is 2.34. The van der Waals surface area contributed by atoms with E-state index in [0.29, 0.717) is 17.7 Å². The highest BCUT2D eigenvalue weighted by atomic mass is 32.1. The van der Waals surface area contributed by atoms with E-state index in [2.05, 4.69) is 10.3 Å². The minimum Gasteiger partial charge on any atom is -0.389 e. The van der Waals surface area contributed by atoms with E-state index in [1.165, 1.54) is 18.5 Å². The number of nitrogens with one attached hydrogen (secondary N) is 1. The Bertz CT molecular complexity index is 623. The van der Waals surface area contributed by atoms with Crippen LogP contribution in [0.15, 0.2) is 30.6 Å². The number of benzene rings is 1. The summed E-state index contributed by atoms with van der Waals surface area (Å²) in [4.78, 5) is 3.85. The third kappa shape index (κ3) is 2.82. The molecule has 0 bridgehead atoms. The van der Waals surface area contributed by atoms with Crippen LogP contribution in [0.4, 0.5) is 24.5 Å². The number of thiocarbonyl (C=S) groups is 1. The van der Waals surface area contributed by atoms with Crippen LogP contribution < -0.4 is 11.1 Å². The van der Waals surface area contributed by atoms with E-state index in [0.717, 1.165) is 0 Å². The number of anilines is 2. The number of hydrogen-bond donors (Lipinski definition) is 2. The molecule has 0 saturated heterocycles. The quantitative estimate of drug-likeness (QED) is 0.850. The maximum atomic E-state index is 13.5. The number of nitrogens with two attached hydrogens (primary N) is 1. The second-order valence-electron chi connectivity index (χ2n) is 3.65. The van der Waals surface area contributed by atoms with Crippen molar-refractivity contribution in [2.24, 2.45) is 5.73 Å². The summed E-state index contributed by atoms with van der Waals surface area (Å²) in [5.74, 6) is -3.12. The topological polar surface area (TPSA) is 50.9 Å². The summed E-state index contributed by atoms with van der Waals surface area (Å²) in [5.41, 5.74) is 5.61. The monoisotopic (exact) mass is 283 g/mol. The molecule has 0 unspecified atom stereocenters. The Hall–Kier alpha value is -2.15. The van der Waals surface area contributed by atoms with Gasteiger partial charge in [0.15, 0.2) is 11.6 Å². The number of pyridine rings is 1. The van der Waals surface area contributed by atoms with E-state index >= 15 is 0 Å². The molecular weight excluding hydrogens is 275 g/mol. The maximum Gasteiger partial charge on any atom is 0.152 e. The summed E-state index contributed by atoms with van der Waals surface area (Å²) in [6.45, 7) is 0. The minimum atomic E-state index is -1.06. The van der Waals surface area contributed by atoms with Crippen molar-refractivity contribution in [3.05, 3.63) is 53.6 Å². The molecule has 0 spiro atoms. The summed E-state index contributed by atoms with van der Waals surface area (Å²) in [7, 11) is 0. The van der Waals surface area contributed by atoms with Crippen molar-refractivity contribution in [2.75, 3.05) is 5.32 Å². The van der Waals surface area contributed by atoms with Gasteiger partial charge in [-0.2, -0.15) is 0 Å². The van der Waals surface area contributed by atoms with Crippen molar-refractivity contribution < 1.29 is 13.2 Å². The highest BCUT2D eigenvalue weighted by molar-refractivity contribution is 7.80. The van der Waals surface area contributed by atoms with Gasteiger partial charge in [0.05, 0.1) is 11.9 Å². The van der Waals surface area contributed by atoms with Gasteiger partial charge in [-0.3, -0.25) is 4.98 Å². The minimum absolute atomic E-state index is 0.0489. The molecule has 1 aromatic carbocycles. The standard InChI is InChI=1S/C12H8F3N3S/c13-6-3-8(14)11(9(15)4-6)18-10-5-17-2-1-7(10)12(16)19/h1-5,18H,(H2,16,19). The molecule has 1 aromatic heterocycles. The van der Waals surface area contributed by atoms with Crippen molar-refractivity contribution in [1.82, 2.24) is 4.98 Å². The third-order valence-electron chi connectivity index (χ3n) is 2.35. The van der Waals surface area contributed by atoms with Crippen molar-refractivity contribution in [1.29, 1.82) is 0 Å². The molecule has 3 N–H and O–H groups in total. The highest BCUT2D eigenvalue weighted by Crippen LogP contribution is 2.25. The van der Waals surface area contributed by atoms with Crippen molar-refractivity contribution >= 4 is 28.6 Å². The molecule has 1 heterocycles. The molecule has 0 aliphatic rings. The number of nitrogens with zero attached hydrogens (tertiary/aromatic N) is 1. The van der Waals surface area contributed by atoms with Gasteiger partial charge in [-0.05, 0) is 6.07 Å². The van der Waals surface area contributed by atoms with E-state index < -0.39 is 23.1 Å². The van der Waals surface area contributed by atoms with Crippen LogP contribution in [0.1, 0.15) is 5.56 Å². The molecule has 19 heavy (non-hydrogen) atoms. The van der Waals surface area contributed by atoms with Crippen LogP contribution in [-0.2, 0) is 0 Å². The Kier molecular flexibility index (Phi) is 3.66. The number of hydrogen-bond acceptors (Lipinski definition) is 3. The summed E-state index contributed by atoms with van der Waals surface area (Å²) < 4.78 is 39.8. The van der Waals surface area contributed by atoms with Gasteiger partial charge in [-0.15, -0.1) is 0 Å². The first-order valence-electron chi connectivity index (χ1n) is 5.14. The zero-order chi connectivity index (χ0) is 14.0. The van der Waals surface area contributed by atoms with Gasteiger partial charge < -0.3 is 11.1 Å². The lowest BCUT2D eigenvalue weighted by atomic mass is 10.2. The van der Waals surface area contributed by atoms with E-state index in [-0.39, 0.29) is 10.7 Å². The Morgan fingerprint density at radius 1 is 1.21 bits per heavy atom. The normalized spacial score (nSPS) is 10.3. The Morgan fingerprint density at radius 3 is 2.42 bits per heavy atom. The molecule has 3 nitrogen and oxygen atoms in total. The van der Waals surface area contributed by atoms with E-state index in [1.54, 1.807) is 0 Å². The zero-order valence-electron chi connectivity index (χ0n) is 9.45. The summed E-state index contributed by atoms with van der Waals surface area (Å²) in [5, 5.41) is 2.47. The van der Waals surface area contributed by atoms with Crippen LogP contribution in [-0.4, -0.2) is 9.97 Å². The molecule has 0 aliphatic carbocycles. The fourth-order valence-electron chi connectivity index (χ4n) is 1.51. The van der Waals surface area contributed by atoms with Crippen LogP contribution >= 0.6 is 12.2 Å². The predicted octanol–water partition coefficient (Wildman–Crippen LogP) is 2.88. The van der Waals surface area contributed by atoms with Gasteiger partial charge in [-0.25, -0.2) is 13.2 Å². The molecule has 0 fully saturated rings. The van der Waals surface area contributed by atoms with Crippen LogP contribution in [0.25, 0.3) is 0 Å². The van der Waals surface area contributed by atoms with Crippen LogP contribution in [0, 0.1) is 17.5 Å². The first kappa shape index (κ1) is 13.3. The second-order valence-corrected chi connectivity index (χ2v) is 4.09. The Labute approximate surface area is 112 Å². The number of halogens is 3.